The van der Waals surface area contributed by atoms with Crippen molar-refractivity contribution in [2.45, 2.75) is 37.8 Å². The lowest BCUT2D eigenvalue weighted by atomic mass is 9.82. The second kappa shape index (κ2) is 10.1. The Bertz CT molecular complexity index is 1130. The minimum Gasteiger partial charge on any atom is -0.340 e. The summed E-state index contributed by atoms with van der Waals surface area (Å²) in [7, 11) is 1.86. The van der Waals surface area contributed by atoms with Crippen molar-refractivity contribution in [3.63, 3.8) is 0 Å². The molecular formula is C28H29Cl2FN2O. The van der Waals surface area contributed by atoms with Crippen LogP contribution in [0.15, 0.2) is 72.8 Å². The van der Waals surface area contributed by atoms with Crippen LogP contribution in [0.4, 0.5) is 4.39 Å². The van der Waals surface area contributed by atoms with Crippen molar-refractivity contribution in [2.24, 2.45) is 0 Å². The monoisotopic (exact) mass is 498 g/mol. The molecule has 178 valence electrons. The zero-order chi connectivity index (χ0) is 24.5. The summed E-state index contributed by atoms with van der Waals surface area (Å²) >= 11 is 12.5. The van der Waals surface area contributed by atoms with Gasteiger partial charge in [-0.2, -0.15) is 0 Å². The maximum atomic E-state index is 13.8. The Morgan fingerprint density at radius 1 is 1.00 bits per heavy atom. The van der Waals surface area contributed by atoms with E-state index in [2.05, 4.69) is 17.0 Å². The molecule has 1 aliphatic heterocycles. The highest BCUT2D eigenvalue weighted by Gasteiger charge is 2.42. The van der Waals surface area contributed by atoms with Crippen LogP contribution in [0.2, 0.25) is 10.0 Å². The molecule has 0 saturated carbocycles. The van der Waals surface area contributed by atoms with Crippen molar-refractivity contribution in [2.75, 3.05) is 20.1 Å². The third-order valence-electron chi connectivity index (χ3n) is 6.85. The van der Waals surface area contributed by atoms with Crippen molar-refractivity contribution < 1.29 is 9.18 Å². The number of carbonyl (C=O) groups is 1. The SMILES string of the molecule is CN(C(=O)C(C)(C)c1cc(Cl)cc(Cl)c1)[C@@H]1CN(Cc2ccccc2)C[C@H]1c1ccc(F)cc1. The van der Waals surface area contributed by atoms with Gasteiger partial charge in [-0.3, -0.25) is 9.69 Å². The number of amides is 1. The first-order valence-corrected chi connectivity index (χ1v) is 12.2. The molecule has 1 saturated heterocycles. The van der Waals surface area contributed by atoms with Gasteiger partial charge >= 0.3 is 0 Å². The van der Waals surface area contributed by atoms with E-state index in [1.165, 1.54) is 17.7 Å². The van der Waals surface area contributed by atoms with Crippen LogP contribution in [0.25, 0.3) is 0 Å². The lowest BCUT2D eigenvalue weighted by Crippen LogP contribution is -2.48. The molecule has 1 amide bonds. The fraction of sp³-hybridized carbons (Fsp3) is 0.321. The number of nitrogens with zero attached hydrogens (tertiary/aromatic N) is 2. The minimum absolute atomic E-state index is 0.00972. The van der Waals surface area contributed by atoms with Crippen LogP contribution in [0.1, 0.15) is 36.5 Å². The van der Waals surface area contributed by atoms with Crippen molar-refractivity contribution in [3.05, 3.63) is 105 Å². The maximum absolute atomic E-state index is 13.8. The third-order valence-corrected chi connectivity index (χ3v) is 7.28. The molecular weight excluding hydrogens is 470 g/mol. The number of carbonyl (C=O) groups excluding carboxylic acids is 1. The van der Waals surface area contributed by atoms with E-state index in [1.54, 1.807) is 18.2 Å². The van der Waals surface area contributed by atoms with Crippen LogP contribution in [-0.4, -0.2) is 41.9 Å². The normalized spacial score (nSPS) is 18.8. The van der Waals surface area contributed by atoms with Gasteiger partial charge in [-0.25, -0.2) is 4.39 Å². The Morgan fingerprint density at radius 3 is 2.24 bits per heavy atom. The highest BCUT2D eigenvalue weighted by atomic mass is 35.5. The largest absolute Gasteiger partial charge is 0.340 e. The molecule has 0 N–H and O–H groups in total. The first-order chi connectivity index (χ1) is 16.1. The van der Waals surface area contributed by atoms with E-state index in [1.807, 2.05) is 56.1 Å². The third kappa shape index (κ3) is 5.30. The highest BCUT2D eigenvalue weighted by molar-refractivity contribution is 6.34. The number of likely N-dealkylation sites (tertiary alicyclic amines) is 1. The number of hydrogen-bond acceptors (Lipinski definition) is 2. The van der Waals surface area contributed by atoms with Gasteiger partial charge in [0.15, 0.2) is 0 Å². The van der Waals surface area contributed by atoms with Crippen molar-refractivity contribution in [1.82, 2.24) is 9.80 Å². The summed E-state index contributed by atoms with van der Waals surface area (Å²) in [4.78, 5) is 18.0. The van der Waals surface area contributed by atoms with E-state index >= 15 is 0 Å². The number of benzene rings is 3. The molecule has 34 heavy (non-hydrogen) atoms. The molecule has 3 nitrogen and oxygen atoms in total. The maximum Gasteiger partial charge on any atom is 0.232 e. The summed E-state index contributed by atoms with van der Waals surface area (Å²) in [6.45, 7) is 6.11. The Balaban J connectivity index is 1.62. The minimum atomic E-state index is -0.816. The topological polar surface area (TPSA) is 23.6 Å². The average molecular weight is 499 g/mol. The molecule has 0 aliphatic carbocycles. The number of rotatable bonds is 6. The molecule has 3 aromatic rings. The van der Waals surface area contributed by atoms with Gasteiger partial charge in [-0.15, -0.1) is 0 Å². The summed E-state index contributed by atoms with van der Waals surface area (Å²) in [5, 5.41) is 1.01. The summed E-state index contributed by atoms with van der Waals surface area (Å²) in [6, 6.07) is 22.2. The van der Waals surface area contributed by atoms with Crippen LogP contribution < -0.4 is 0 Å². The van der Waals surface area contributed by atoms with Gasteiger partial charge in [0.1, 0.15) is 5.82 Å². The molecule has 0 bridgehead atoms. The van der Waals surface area contributed by atoms with E-state index < -0.39 is 5.41 Å². The van der Waals surface area contributed by atoms with Crippen LogP contribution in [0, 0.1) is 5.82 Å². The van der Waals surface area contributed by atoms with Gasteiger partial charge in [-0.05, 0) is 60.9 Å². The molecule has 6 heteroatoms. The molecule has 0 spiro atoms. The van der Waals surface area contributed by atoms with E-state index in [9.17, 15) is 9.18 Å². The Labute approximate surface area is 211 Å². The zero-order valence-electron chi connectivity index (χ0n) is 19.6. The van der Waals surface area contributed by atoms with E-state index in [0.717, 1.165) is 30.8 Å². The van der Waals surface area contributed by atoms with Crippen molar-refractivity contribution >= 4 is 29.1 Å². The van der Waals surface area contributed by atoms with Crippen LogP contribution in [0.3, 0.4) is 0 Å². The molecule has 3 aromatic carbocycles. The fourth-order valence-electron chi connectivity index (χ4n) is 4.90. The average Bonchev–Trinajstić information content (AvgIpc) is 3.22. The predicted molar refractivity (Wildman–Crippen MR) is 137 cm³/mol. The van der Waals surface area contributed by atoms with Crippen LogP contribution in [0.5, 0.6) is 0 Å². The Hall–Kier alpha value is -2.40. The molecule has 0 unspecified atom stereocenters. The predicted octanol–water partition coefficient (Wildman–Crippen LogP) is 6.54. The van der Waals surface area contributed by atoms with Gasteiger partial charge in [0, 0.05) is 42.6 Å². The second-order valence-corrected chi connectivity index (χ2v) is 10.5. The lowest BCUT2D eigenvalue weighted by Gasteiger charge is -2.36. The van der Waals surface area contributed by atoms with E-state index in [-0.39, 0.29) is 23.7 Å². The smallest absolute Gasteiger partial charge is 0.232 e. The van der Waals surface area contributed by atoms with E-state index in [4.69, 9.17) is 23.2 Å². The van der Waals surface area contributed by atoms with Gasteiger partial charge in [0.2, 0.25) is 5.91 Å². The van der Waals surface area contributed by atoms with E-state index in [0.29, 0.717) is 10.0 Å². The van der Waals surface area contributed by atoms with Gasteiger partial charge in [0.05, 0.1) is 11.5 Å². The molecule has 1 fully saturated rings. The number of halogens is 3. The quantitative estimate of drug-likeness (QED) is 0.385. The van der Waals surface area contributed by atoms with Gasteiger partial charge in [0.25, 0.3) is 0 Å². The zero-order valence-corrected chi connectivity index (χ0v) is 21.2. The first kappa shape index (κ1) is 24.7. The lowest BCUT2D eigenvalue weighted by molar-refractivity contribution is -0.137. The molecule has 2 atom stereocenters. The summed E-state index contributed by atoms with van der Waals surface area (Å²) < 4.78 is 13.6. The standard InChI is InChI=1S/C28H29Cl2FN2O/c1-28(2,21-13-22(29)15-23(30)14-21)27(34)32(3)26-18-33(16-19-7-5-4-6-8-19)17-25(26)20-9-11-24(31)12-10-20/h4-15,25-26H,16-18H2,1-3H3/t25-,26+/m0/s1. The Morgan fingerprint density at radius 2 is 1.62 bits per heavy atom. The summed E-state index contributed by atoms with van der Waals surface area (Å²) in [5.41, 5.74) is 2.22. The summed E-state index contributed by atoms with van der Waals surface area (Å²) in [6.07, 6.45) is 0. The first-order valence-electron chi connectivity index (χ1n) is 11.4. The highest BCUT2D eigenvalue weighted by Crippen LogP contribution is 2.36. The molecule has 4 rings (SSSR count). The molecule has 1 heterocycles. The molecule has 1 aliphatic rings. The molecule has 0 aromatic heterocycles. The fourth-order valence-corrected chi connectivity index (χ4v) is 5.42. The summed E-state index contributed by atoms with van der Waals surface area (Å²) in [5.74, 6) is -0.204. The Kier molecular flexibility index (Phi) is 7.32. The molecule has 0 radical (unpaired) electrons. The number of likely N-dealkylation sites (N-methyl/N-ethyl adjacent to an activating group) is 1. The van der Waals surface area contributed by atoms with Crippen molar-refractivity contribution in [3.8, 4) is 0 Å². The van der Waals surface area contributed by atoms with Gasteiger partial charge < -0.3 is 4.90 Å². The van der Waals surface area contributed by atoms with Crippen LogP contribution >= 0.6 is 23.2 Å². The van der Waals surface area contributed by atoms with Crippen molar-refractivity contribution in [1.29, 1.82) is 0 Å². The van der Waals surface area contributed by atoms with Crippen LogP contribution in [-0.2, 0) is 16.8 Å². The number of hydrogen-bond donors (Lipinski definition) is 0. The second-order valence-electron chi connectivity index (χ2n) is 9.60. The van der Waals surface area contributed by atoms with Gasteiger partial charge in [-0.1, -0.05) is 65.7 Å².